The van der Waals surface area contributed by atoms with Gasteiger partial charge in [0.1, 0.15) is 0 Å². The maximum atomic E-state index is 11.8. The molecule has 0 aromatic heterocycles. The van der Waals surface area contributed by atoms with Crippen molar-refractivity contribution in [3.05, 3.63) is 59.7 Å². The molecule has 0 heterocycles. The number of para-hydroxylation sites is 2. The van der Waals surface area contributed by atoms with Crippen molar-refractivity contribution >= 4 is 5.91 Å². The van der Waals surface area contributed by atoms with E-state index in [0.29, 0.717) is 24.7 Å². The lowest BCUT2D eigenvalue weighted by Crippen LogP contribution is -2.28. The first-order valence-electron chi connectivity index (χ1n) is 7.36. The van der Waals surface area contributed by atoms with E-state index in [1.165, 1.54) is 5.56 Å². The third-order valence-corrected chi connectivity index (χ3v) is 3.12. The molecule has 0 radical (unpaired) electrons. The van der Waals surface area contributed by atoms with Crippen LogP contribution in [0.2, 0.25) is 0 Å². The predicted octanol–water partition coefficient (Wildman–Crippen LogP) is 3.09. The van der Waals surface area contributed by atoms with E-state index in [4.69, 9.17) is 9.47 Å². The van der Waals surface area contributed by atoms with Crippen molar-refractivity contribution in [1.29, 1.82) is 0 Å². The number of carbonyl (C=O) groups is 1. The van der Waals surface area contributed by atoms with E-state index in [0.717, 1.165) is 5.56 Å². The van der Waals surface area contributed by atoms with Gasteiger partial charge in [0.25, 0.3) is 5.91 Å². The monoisotopic (exact) mass is 299 g/mol. The number of ether oxygens (including phenoxy) is 2. The van der Waals surface area contributed by atoms with Crippen molar-refractivity contribution in [1.82, 2.24) is 5.32 Å². The Bertz CT molecular complexity index is 608. The molecule has 2 aromatic rings. The molecule has 1 N–H and O–H groups in total. The zero-order chi connectivity index (χ0) is 15.8. The molecule has 0 aliphatic rings. The molecule has 0 fully saturated rings. The van der Waals surface area contributed by atoms with Gasteiger partial charge < -0.3 is 14.8 Å². The van der Waals surface area contributed by atoms with Crippen LogP contribution in [0.5, 0.6) is 11.5 Å². The fourth-order valence-electron chi connectivity index (χ4n) is 1.95. The predicted molar refractivity (Wildman–Crippen MR) is 86.1 cm³/mol. The number of hydrogen-bond donors (Lipinski definition) is 1. The summed E-state index contributed by atoms with van der Waals surface area (Å²) in [7, 11) is 0. The summed E-state index contributed by atoms with van der Waals surface area (Å²) in [6, 6.07) is 15.4. The highest BCUT2D eigenvalue weighted by Crippen LogP contribution is 2.26. The Morgan fingerprint density at radius 1 is 1.00 bits per heavy atom. The third-order valence-electron chi connectivity index (χ3n) is 3.12. The van der Waals surface area contributed by atoms with Crippen LogP contribution in [-0.4, -0.2) is 19.1 Å². The van der Waals surface area contributed by atoms with Crippen LogP contribution in [0.15, 0.2) is 48.5 Å². The summed E-state index contributed by atoms with van der Waals surface area (Å²) in [5, 5.41) is 2.84. The standard InChI is InChI=1S/C18H21NO3/c1-3-21-16-6-4-5-7-17(16)22-13-18(20)19-12-15-10-8-14(2)9-11-15/h4-11H,3,12-13H2,1-2H3,(H,19,20). The van der Waals surface area contributed by atoms with Crippen molar-refractivity contribution in [2.45, 2.75) is 20.4 Å². The Morgan fingerprint density at radius 3 is 2.27 bits per heavy atom. The number of amides is 1. The van der Waals surface area contributed by atoms with Gasteiger partial charge in [-0.1, -0.05) is 42.0 Å². The van der Waals surface area contributed by atoms with Crippen LogP contribution in [-0.2, 0) is 11.3 Å². The van der Waals surface area contributed by atoms with Crippen molar-refractivity contribution in [3.63, 3.8) is 0 Å². The van der Waals surface area contributed by atoms with Crippen LogP contribution in [0.4, 0.5) is 0 Å². The number of carbonyl (C=O) groups excluding carboxylic acids is 1. The molecule has 1 amide bonds. The van der Waals surface area contributed by atoms with Crippen molar-refractivity contribution < 1.29 is 14.3 Å². The second-order valence-electron chi connectivity index (χ2n) is 4.93. The largest absolute Gasteiger partial charge is 0.490 e. The van der Waals surface area contributed by atoms with Crippen LogP contribution < -0.4 is 14.8 Å². The molecule has 2 aromatic carbocycles. The minimum Gasteiger partial charge on any atom is -0.490 e. The number of hydrogen-bond acceptors (Lipinski definition) is 3. The van der Waals surface area contributed by atoms with Gasteiger partial charge in [-0.05, 0) is 31.5 Å². The Kier molecular flexibility index (Phi) is 5.83. The molecule has 22 heavy (non-hydrogen) atoms. The van der Waals surface area contributed by atoms with Gasteiger partial charge in [0, 0.05) is 6.54 Å². The molecule has 116 valence electrons. The summed E-state index contributed by atoms with van der Waals surface area (Å²) in [5.74, 6) is 1.07. The Morgan fingerprint density at radius 2 is 1.64 bits per heavy atom. The fourth-order valence-corrected chi connectivity index (χ4v) is 1.95. The summed E-state index contributed by atoms with van der Waals surface area (Å²) >= 11 is 0. The molecule has 0 spiro atoms. The molecule has 0 saturated heterocycles. The minimum atomic E-state index is -0.160. The maximum absolute atomic E-state index is 11.8. The van der Waals surface area contributed by atoms with Gasteiger partial charge in [-0.25, -0.2) is 0 Å². The van der Waals surface area contributed by atoms with E-state index in [2.05, 4.69) is 5.32 Å². The summed E-state index contributed by atoms with van der Waals surface area (Å²) in [6.45, 7) is 4.96. The molecule has 2 rings (SSSR count). The SMILES string of the molecule is CCOc1ccccc1OCC(=O)NCc1ccc(C)cc1. The lowest BCUT2D eigenvalue weighted by atomic mass is 10.1. The second kappa shape index (κ2) is 8.08. The normalized spacial score (nSPS) is 10.1. The first-order chi connectivity index (χ1) is 10.7. The molecule has 4 nitrogen and oxygen atoms in total. The smallest absolute Gasteiger partial charge is 0.258 e. The van der Waals surface area contributed by atoms with E-state index >= 15 is 0 Å². The van der Waals surface area contributed by atoms with Gasteiger partial charge in [-0.2, -0.15) is 0 Å². The average Bonchev–Trinajstić information content (AvgIpc) is 2.54. The molecule has 0 unspecified atom stereocenters. The Hall–Kier alpha value is -2.49. The average molecular weight is 299 g/mol. The van der Waals surface area contributed by atoms with Crippen LogP contribution in [0, 0.1) is 6.92 Å². The van der Waals surface area contributed by atoms with Gasteiger partial charge in [0.15, 0.2) is 18.1 Å². The van der Waals surface area contributed by atoms with Crippen molar-refractivity contribution in [2.75, 3.05) is 13.2 Å². The minimum absolute atomic E-state index is 0.0318. The number of rotatable bonds is 7. The molecule has 0 atom stereocenters. The summed E-state index contributed by atoms with van der Waals surface area (Å²) < 4.78 is 11.0. The van der Waals surface area contributed by atoms with Crippen LogP contribution >= 0.6 is 0 Å². The Labute approximate surface area is 131 Å². The number of benzene rings is 2. The van der Waals surface area contributed by atoms with Crippen molar-refractivity contribution in [3.8, 4) is 11.5 Å². The van der Waals surface area contributed by atoms with Gasteiger partial charge >= 0.3 is 0 Å². The Balaban J connectivity index is 1.81. The molecule has 0 aliphatic carbocycles. The summed E-state index contributed by atoms with van der Waals surface area (Å²) in [5.41, 5.74) is 2.26. The molecule has 0 saturated carbocycles. The highest BCUT2D eigenvalue weighted by Gasteiger charge is 2.07. The summed E-state index contributed by atoms with van der Waals surface area (Å²) in [4.78, 5) is 11.8. The van der Waals surface area contributed by atoms with Crippen LogP contribution in [0.1, 0.15) is 18.1 Å². The topological polar surface area (TPSA) is 47.6 Å². The zero-order valence-electron chi connectivity index (χ0n) is 13.0. The van der Waals surface area contributed by atoms with Crippen molar-refractivity contribution in [2.24, 2.45) is 0 Å². The number of nitrogens with one attached hydrogen (secondary N) is 1. The van der Waals surface area contributed by atoms with Gasteiger partial charge in [-0.15, -0.1) is 0 Å². The molecular weight excluding hydrogens is 278 g/mol. The fraction of sp³-hybridized carbons (Fsp3) is 0.278. The van der Waals surface area contributed by atoms with Crippen LogP contribution in [0.3, 0.4) is 0 Å². The first-order valence-corrected chi connectivity index (χ1v) is 7.36. The number of aryl methyl sites for hydroxylation is 1. The molecular formula is C18H21NO3. The van der Waals surface area contributed by atoms with E-state index < -0.39 is 0 Å². The quantitative estimate of drug-likeness (QED) is 0.854. The first kappa shape index (κ1) is 15.9. The highest BCUT2D eigenvalue weighted by atomic mass is 16.5. The lowest BCUT2D eigenvalue weighted by Gasteiger charge is -2.11. The van der Waals surface area contributed by atoms with Gasteiger partial charge in [0.05, 0.1) is 6.61 Å². The molecule has 0 aliphatic heterocycles. The highest BCUT2D eigenvalue weighted by molar-refractivity contribution is 5.77. The maximum Gasteiger partial charge on any atom is 0.258 e. The lowest BCUT2D eigenvalue weighted by molar-refractivity contribution is -0.123. The van der Waals surface area contributed by atoms with E-state index in [1.807, 2.05) is 56.3 Å². The van der Waals surface area contributed by atoms with E-state index in [-0.39, 0.29) is 12.5 Å². The molecule has 0 bridgehead atoms. The van der Waals surface area contributed by atoms with E-state index in [9.17, 15) is 4.79 Å². The van der Waals surface area contributed by atoms with E-state index in [1.54, 1.807) is 6.07 Å². The van der Waals surface area contributed by atoms with Gasteiger partial charge in [-0.3, -0.25) is 4.79 Å². The third kappa shape index (κ3) is 4.81. The molecule has 4 heteroatoms. The zero-order valence-corrected chi connectivity index (χ0v) is 13.0. The van der Waals surface area contributed by atoms with Crippen LogP contribution in [0.25, 0.3) is 0 Å². The summed E-state index contributed by atoms with van der Waals surface area (Å²) in [6.07, 6.45) is 0. The second-order valence-corrected chi connectivity index (χ2v) is 4.93. The van der Waals surface area contributed by atoms with Gasteiger partial charge in [0.2, 0.25) is 0 Å².